The van der Waals surface area contributed by atoms with Crippen molar-refractivity contribution in [2.24, 2.45) is 0 Å². The molecule has 25 heavy (non-hydrogen) atoms. The predicted molar refractivity (Wildman–Crippen MR) is 90.9 cm³/mol. The Morgan fingerprint density at radius 2 is 1.92 bits per heavy atom. The van der Waals surface area contributed by atoms with Gasteiger partial charge in [0.2, 0.25) is 5.91 Å². The highest BCUT2D eigenvalue weighted by Gasteiger charge is 2.12. The van der Waals surface area contributed by atoms with E-state index >= 15 is 0 Å². The maximum absolute atomic E-state index is 13.5. The molecule has 0 atom stereocenters. The number of carbonyl (C=O) groups excluding carboxylic acids is 2. The average Bonchev–Trinajstić information content (AvgIpc) is 2.58. The van der Waals surface area contributed by atoms with Crippen LogP contribution in [0.5, 0.6) is 0 Å². The molecule has 0 saturated heterocycles. The second-order valence-electron chi connectivity index (χ2n) is 5.26. The molecule has 2 amide bonds. The van der Waals surface area contributed by atoms with Crippen molar-refractivity contribution in [1.82, 2.24) is 5.32 Å². The number of terminal acetylenes is 1. The lowest BCUT2D eigenvalue weighted by molar-refractivity contribution is -0.116. The molecule has 2 aromatic carbocycles. The van der Waals surface area contributed by atoms with E-state index in [4.69, 9.17) is 6.42 Å². The van der Waals surface area contributed by atoms with E-state index in [1.165, 1.54) is 0 Å². The molecular formula is C19H16F2N2O2. The minimum Gasteiger partial charge on any atom is -0.352 e. The first-order chi connectivity index (χ1) is 12.0. The highest BCUT2D eigenvalue weighted by Crippen LogP contribution is 2.11. The average molecular weight is 342 g/mol. The molecule has 4 nitrogen and oxygen atoms in total. The number of amides is 2. The SMILES string of the molecule is C#Cc1cccc(NC(=O)CCCNC(=O)c2ccc(F)cc2F)c1. The van der Waals surface area contributed by atoms with Crippen molar-refractivity contribution in [3.8, 4) is 12.3 Å². The van der Waals surface area contributed by atoms with Crippen molar-refractivity contribution in [2.75, 3.05) is 11.9 Å². The van der Waals surface area contributed by atoms with Gasteiger partial charge in [-0.15, -0.1) is 6.42 Å². The van der Waals surface area contributed by atoms with E-state index in [1.807, 2.05) is 0 Å². The van der Waals surface area contributed by atoms with E-state index < -0.39 is 17.5 Å². The molecule has 0 bridgehead atoms. The fourth-order valence-corrected chi connectivity index (χ4v) is 2.13. The van der Waals surface area contributed by atoms with Crippen molar-refractivity contribution in [3.05, 3.63) is 65.2 Å². The molecular weight excluding hydrogens is 326 g/mol. The number of nitrogens with one attached hydrogen (secondary N) is 2. The fourth-order valence-electron chi connectivity index (χ4n) is 2.13. The van der Waals surface area contributed by atoms with E-state index in [1.54, 1.807) is 24.3 Å². The Labute approximate surface area is 144 Å². The van der Waals surface area contributed by atoms with Gasteiger partial charge in [-0.3, -0.25) is 9.59 Å². The molecule has 6 heteroatoms. The lowest BCUT2D eigenvalue weighted by atomic mass is 10.2. The normalized spacial score (nSPS) is 9.96. The minimum atomic E-state index is -0.927. The lowest BCUT2D eigenvalue weighted by Crippen LogP contribution is -2.26. The van der Waals surface area contributed by atoms with Gasteiger partial charge in [0.25, 0.3) is 5.91 Å². The van der Waals surface area contributed by atoms with Gasteiger partial charge in [-0.1, -0.05) is 12.0 Å². The van der Waals surface area contributed by atoms with E-state index in [-0.39, 0.29) is 24.4 Å². The number of hydrogen-bond acceptors (Lipinski definition) is 2. The van der Waals surface area contributed by atoms with Gasteiger partial charge in [0.1, 0.15) is 11.6 Å². The summed E-state index contributed by atoms with van der Waals surface area (Å²) in [6.07, 6.45) is 5.84. The summed E-state index contributed by atoms with van der Waals surface area (Å²) in [7, 11) is 0. The lowest BCUT2D eigenvalue weighted by Gasteiger charge is -2.07. The highest BCUT2D eigenvalue weighted by molar-refractivity contribution is 5.94. The number of anilines is 1. The van der Waals surface area contributed by atoms with Crippen LogP contribution in [0.1, 0.15) is 28.8 Å². The summed E-state index contributed by atoms with van der Waals surface area (Å²) in [5.41, 5.74) is 1.02. The number of halogens is 2. The van der Waals surface area contributed by atoms with Crippen LogP contribution in [0.2, 0.25) is 0 Å². The Bertz CT molecular complexity index is 828. The number of carbonyl (C=O) groups is 2. The third-order valence-electron chi connectivity index (χ3n) is 3.35. The Hall–Kier alpha value is -3.20. The molecule has 0 aliphatic rings. The Morgan fingerprint density at radius 3 is 2.64 bits per heavy atom. The molecule has 0 spiro atoms. The summed E-state index contributed by atoms with van der Waals surface area (Å²) in [5, 5.41) is 5.19. The third-order valence-corrected chi connectivity index (χ3v) is 3.35. The van der Waals surface area contributed by atoms with Crippen LogP contribution in [0.3, 0.4) is 0 Å². The minimum absolute atomic E-state index is 0.173. The van der Waals surface area contributed by atoms with Crippen LogP contribution >= 0.6 is 0 Å². The van der Waals surface area contributed by atoms with Crippen molar-refractivity contribution in [2.45, 2.75) is 12.8 Å². The molecule has 2 aromatic rings. The summed E-state index contributed by atoms with van der Waals surface area (Å²) >= 11 is 0. The van der Waals surface area contributed by atoms with Crippen LogP contribution in [-0.4, -0.2) is 18.4 Å². The summed E-state index contributed by atoms with van der Waals surface area (Å²) in [6, 6.07) is 9.62. The van der Waals surface area contributed by atoms with Crippen molar-refractivity contribution < 1.29 is 18.4 Å². The van der Waals surface area contributed by atoms with Gasteiger partial charge in [-0.2, -0.15) is 0 Å². The van der Waals surface area contributed by atoms with Gasteiger partial charge in [0.05, 0.1) is 5.56 Å². The molecule has 0 aliphatic carbocycles. The fraction of sp³-hybridized carbons (Fsp3) is 0.158. The van der Waals surface area contributed by atoms with Crippen molar-refractivity contribution in [1.29, 1.82) is 0 Å². The largest absolute Gasteiger partial charge is 0.352 e. The zero-order chi connectivity index (χ0) is 18.2. The second-order valence-corrected chi connectivity index (χ2v) is 5.26. The molecule has 128 valence electrons. The monoisotopic (exact) mass is 342 g/mol. The first-order valence-electron chi connectivity index (χ1n) is 7.59. The number of benzene rings is 2. The molecule has 0 heterocycles. The second kappa shape index (κ2) is 8.60. The number of rotatable bonds is 6. The summed E-state index contributed by atoms with van der Waals surface area (Å²) < 4.78 is 26.3. The quantitative estimate of drug-likeness (QED) is 0.626. The molecule has 0 fully saturated rings. The zero-order valence-corrected chi connectivity index (χ0v) is 13.3. The van der Waals surface area contributed by atoms with Crippen LogP contribution in [0, 0.1) is 24.0 Å². The summed E-state index contributed by atoms with van der Waals surface area (Å²) in [5.74, 6) is -0.0802. The molecule has 0 saturated carbocycles. The van der Waals surface area contributed by atoms with Crippen LogP contribution < -0.4 is 10.6 Å². The van der Waals surface area contributed by atoms with Crippen LogP contribution in [-0.2, 0) is 4.79 Å². The van der Waals surface area contributed by atoms with Crippen LogP contribution in [0.15, 0.2) is 42.5 Å². The van der Waals surface area contributed by atoms with Crippen molar-refractivity contribution in [3.63, 3.8) is 0 Å². The number of hydrogen-bond donors (Lipinski definition) is 2. The Morgan fingerprint density at radius 1 is 1.12 bits per heavy atom. The molecule has 2 N–H and O–H groups in total. The van der Waals surface area contributed by atoms with Gasteiger partial charge < -0.3 is 10.6 Å². The van der Waals surface area contributed by atoms with Crippen LogP contribution in [0.25, 0.3) is 0 Å². The van der Waals surface area contributed by atoms with Gasteiger partial charge >= 0.3 is 0 Å². The Kier molecular flexibility index (Phi) is 6.24. The molecule has 0 unspecified atom stereocenters. The topological polar surface area (TPSA) is 58.2 Å². The van der Waals surface area contributed by atoms with E-state index in [0.29, 0.717) is 23.7 Å². The summed E-state index contributed by atoms with van der Waals surface area (Å²) in [6.45, 7) is 0.188. The van der Waals surface area contributed by atoms with Gasteiger partial charge in [0.15, 0.2) is 0 Å². The Balaban J connectivity index is 1.76. The standard InChI is InChI=1S/C19H16F2N2O2/c1-2-13-5-3-6-15(11-13)23-18(24)7-4-10-22-19(25)16-9-8-14(20)12-17(16)21/h1,3,5-6,8-9,11-12H,4,7,10H2,(H,22,25)(H,23,24). The van der Waals surface area contributed by atoms with E-state index in [2.05, 4.69) is 16.6 Å². The smallest absolute Gasteiger partial charge is 0.254 e. The highest BCUT2D eigenvalue weighted by atomic mass is 19.1. The zero-order valence-electron chi connectivity index (χ0n) is 13.3. The molecule has 0 radical (unpaired) electrons. The molecule has 2 rings (SSSR count). The summed E-state index contributed by atoms with van der Waals surface area (Å²) in [4.78, 5) is 23.6. The maximum atomic E-state index is 13.5. The maximum Gasteiger partial charge on any atom is 0.254 e. The van der Waals surface area contributed by atoms with Gasteiger partial charge in [-0.25, -0.2) is 8.78 Å². The molecule has 0 aromatic heterocycles. The van der Waals surface area contributed by atoms with Gasteiger partial charge in [0, 0.05) is 30.3 Å². The van der Waals surface area contributed by atoms with E-state index in [0.717, 1.165) is 12.1 Å². The predicted octanol–water partition coefficient (Wildman–Crippen LogP) is 3.09. The first kappa shape index (κ1) is 18.1. The van der Waals surface area contributed by atoms with Crippen LogP contribution in [0.4, 0.5) is 14.5 Å². The van der Waals surface area contributed by atoms with Gasteiger partial charge in [-0.05, 0) is 36.8 Å². The molecule has 0 aliphatic heterocycles. The van der Waals surface area contributed by atoms with Crippen molar-refractivity contribution >= 4 is 17.5 Å². The first-order valence-corrected chi connectivity index (χ1v) is 7.59. The third kappa shape index (κ3) is 5.43. The van der Waals surface area contributed by atoms with E-state index in [9.17, 15) is 18.4 Å².